The van der Waals surface area contributed by atoms with Crippen molar-refractivity contribution >= 4 is 34.6 Å². The number of nitrogen functional groups attached to an aromatic ring is 2. The van der Waals surface area contributed by atoms with Gasteiger partial charge in [-0.05, 0) is 100 Å². The second-order valence-corrected chi connectivity index (χ2v) is 10.00. The van der Waals surface area contributed by atoms with E-state index in [2.05, 4.69) is 9.80 Å². The summed E-state index contributed by atoms with van der Waals surface area (Å²) in [6, 6.07) is 10.0. The first-order valence-corrected chi connectivity index (χ1v) is 13.3. The van der Waals surface area contributed by atoms with Gasteiger partial charge < -0.3 is 21.3 Å². The molecule has 0 aliphatic carbocycles. The molecule has 2 heterocycles. The topological polar surface area (TPSA) is 139 Å². The second-order valence-electron chi connectivity index (χ2n) is 10.00. The first kappa shape index (κ1) is 29.1. The van der Waals surface area contributed by atoms with E-state index in [0.717, 1.165) is 61.7 Å². The van der Waals surface area contributed by atoms with E-state index in [4.69, 9.17) is 11.5 Å². The molecule has 38 heavy (non-hydrogen) atoms. The van der Waals surface area contributed by atoms with Crippen molar-refractivity contribution in [2.75, 3.05) is 55.6 Å². The third-order valence-corrected chi connectivity index (χ3v) is 7.10. The zero-order valence-corrected chi connectivity index (χ0v) is 22.5. The minimum absolute atomic E-state index is 0.0303. The normalized spacial score (nSPS) is 15.6. The van der Waals surface area contributed by atoms with Crippen LogP contribution in [0.1, 0.15) is 50.7 Å². The summed E-state index contributed by atoms with van der Waals surface area (Å²) in [6.45, 7) is 9.01. The Bertz CT molecular complexity index is 1110. The van der Waals surface area contributed by atoms with E-state index in [-0.39, 0.29) is 5.69 Å². The molecule has 0 radical (unpaired) electrons. The van der Waals surface area contributed by atoms with Crippen molar-refractivity contribution in [2.24, 2.45) is 0 Å². The molecule has 2 aromatic rings. The number of anilines is 3. The van der Waals surface area contributed by atoms with Gasteiger partial charge in [0.05, 0.1) is 10.6 Å². The lowest BCUT2D eigenvalue weighted by molar-refractivity contribution is -0.384. The molecule has 0 aromatic heterocycles. The monoisotopic (exact) mass is 524 g/mol. The molecule has 0 spiro atoms. The lowest BCUT2D eigenvalue weighted by atomic mass is 10.1. The van der Waals surface area contributed by atoms with Crippen LogP contribution in [-0.2, 0) is 22.4 Å². The summed E-state index contributed by atoms with van der Waals surface area (Å²) in [7, 11) is 0. The number of rotatable bonds is 8. The standard InChI is InChI=1S/C16H21N3O4.C12H19N3/c1-12(20)18(13(2)21)16-6-5-15(19(22)23)11-14(16)7-10-17-8-3-4-9-17;13-11-3-4-12(14)10(9-11)5-8-15-6-1-2-7-15/h5-6,11H,3-4,7-10H2,1-2H3;3-4,9H,1-2,5-8,13-14H2. The van der Waals surface area contributed by atoms with Crippen molar-refractivity contribution in [3.63, 3.8) is 0 Å². The molecular weight excluding hydrogens is 484 g/mol. The van der Waals surface area contributed by atoms with Crippen LogP contribution < -0.4 is 16.4 Å². The number of carbonyl (C=O) groups excluding carboxylic acids is 2. The fraction of sp³-hybridized carbons (Fsp3) is 0.500. The SMILES string of the molecule is CC(=O)N(C(C)=O)c1ccc([N+](=O)[O-])cc1CCN1CCCC1.Nc1ccc(N)c(CCN2CCCC2)c1. The first-order chi connectivity index (χ1) is 18.2. The lowest BCUT2D eigenvalue weighted by Gasteiger charge is -2.22. The highest BCUT2D eigenvalue weighted by Crippen LogP contribution is 2.27. The Balaban J connectivity index is 0.000000230. The number of nitrogens with zero attached hydrogens (tertiary/aromatic N) is 4. The molecule has 4 rings (SSSR count). The average molecular weight is 525 g/mol. The number of nitro benzene ring substituents is 1. The summed E-state index contributed by atoms with van der Waals surface area (Å²) in [6.07, 6.45) is 6.58. The van der Waals surface area contributed by atoms with Crippen molar-refractivity contribution in [1.29, 1.82) is 0 Å². The molecule has 2 aromatic carbocycles. The van der Waals surface area contributed by atoms with Crippen molar-refractivity contribution in [3.05, 3.63) is 57.6 Å². The van der Waals surface area contributed by atoms with E-state index >= 15 is 0 Å². The molecule has 2 fully saturated rings. The van der Waals surface area contributed by atoms with E-state index in [0.29, 0.717) is 17.7 Å². The highest BCUT2D eigenvalue weighted by molar-refractivity contribution is 6.13. The minimum atomic E-state index is -0.463. The molecule has 4 N–H and O–H groups in total. The van der Waals surface area contributed by atoms with Gasteiger partial charge in [0, 0.05) is 50.4 Å². The average Bonchev–Trinajstić information content (AvgIpc) is 3.58. The molecule has 2 aliphatic heterocycles. The van der Waals surface area contributed by atoms with Crippen LogP contribution in [0.3, 0.4) is 0 Å². The number of hydrogen-bond acceptors (Lipinski definition) is 8. The molecular formula is C28H40N6O4. The summed E-state index contributed by atoms with van der Waals surface area (Å²) in [5, 5.41) is 11.0. The zero-order chi connectivity index (χ0) is 27.7. The van der Waals surface area contributed by atoms with Crippen molar-refractivity contribution in [1.82, 2.24) is 9.80 Å². The van der Waals surface area contributed by atoms with E-state index in [1.165, 1.54) is 63.5 Å². The molecule has 10 nitrogen and oxygen atoms in total. The molecule has 0 atom stereocenters. The quantitative estimate of drug-likeness (QED) is 0.303. The van der Waals surface area contributed by atoms with Crippen molar-refractivity contribution in [3.8, 4) is 0 Å². The molecule has 206 valence electrons. The first-order valence-electron chi connectivity index (χ1n) is 13.3. The van der Waals surface area contributed by atoms with Crippen molar-refractivity contribution < 1.29 is 14.5 Å². The summed E-state index contributed by atoms with van der Waals surface area (Å²) in [4.78, 5) is 40.0. The number of nitro groups is 1. The van der Waals surface area contributed by atoms with Crippen LogP contribution in [0, 0.1) is 10.1 Å². The zero-order valence-electron chi connectivity index (χ0n) is 22.5. The van der Waals surface area contributed by atoms with Gasteiger partial charge in [-0.1, -0.05) is 0 Å². The Hall–Kier alpha value is -3.50. The van der Waals surface area contributed by atoms with Gasteiger partial charge in [0.1, 0.15) is 0 Å². The number of likely N-dealkylation sites (tertiary alicyclic amines) is 2. The Morgan fingerprint density at radius 3 is 1.87 bits per heavy atom. The fourth-order valence-electron chi connectivity index (χ4n) is 5.08. The number of imide groups is 1. The third kappa shape index (κ3) is 8.26. The number of non-ortho nitro benzene ring substituents is 1. The van der Waals surface area contributed by atoms with Crippen LogP contribution in [0.15, 0.2) is 36.4 Å². The maximum atomic E-state index is 11.8. The third-order valence-electron chi connectivity index (χ3n) is 7.10. The lowest BCUT2D eigenvalue weighted by Crippen LogP contribution is -2.34. The number of hydrogen-bond donors (Lipinski definition) is 2. The van der Waals surface area contributed by atoms with Crippen LogP contribution in [0.5, 0.6) is 0 Å². The van der Waals surface area contributed by atoms with Gasteiger partial charge in [-0.3, -0.25) is 24.6 Å². The summed E-state index contributed by atoms with van der Waals surface area (Å²) in [5.41, 5.74) is 15.6. The Labute approximate surface area is 224 Å². The molecule has 0 bridgehead atoms. The molecule has 0 saturated carbocycles. The van der Waals surface area contributed by atoms with Gasteiger partial charge in [0.2, 0.25) is 11.8 Å². The number of nitrogens with two attached hydrogens (primary N) is 2. The highest BCUT2D eigenvalue weighted by Gasteiger charge is 2.22. The fourth-order valence-corrected chi connectivity index (χ4v) is 5.08. The summed E-state index contributed by atoms with van der Waals surface area (Å²) < 4.78 is 0. The van der Waals surface area contributed by atoms with Gasteiger partial charge in [-0.15, -0.1) is 0 Å². The Morgan fingerprint density at radius 1 is 0.842 bits per heavy atom. The maximum absolute atomic E-state index is 11.8. The molecule has 2 amide bonds. The van der Waals surface area contributed by atoms with E-state index in [1.54, 1.807) is 0 Å². The summed E-state index contributed by atoms with van der Waals surface area (Å²) in [5.74, 6) is -0.789. The predicted octanol–water partition coefficient (Wildman–Crippen LogP) is 3.62. The predicted molar refractivity (Wildman–Crippen MR) is 151 cm³/mol. The maximum Gasteiger partial charge on any atom is 0.269 e. The largest absolute Gasteiger partial charge is 0.399 e. The number of carbonyl (C=O) groups is 2. The Morgan fingerprint density at radius 2 is 1.37 bits per heavy atom. The van der Waals surface area contributed by atoms with Gasteiger partial charge in [-0.25, -0.2) is 0 Å². The van der Waals surface area contributed by atoms with Crippen molar-refractivity contribution in [2.45, 2.75) is 52.4 Å². The molecule has 0 unspecified atom stereocenters. The van der Waals surface area contributed by atoms with Crippen LogP contribution in [-0.4, -0.2) is 65.8 Å². The van der Waals surface area contributed by atoms with Gasteiger partial charge in [0.15, 0.2) is 0 Å². The molecule has 10 heteroatoms. The number of benzene rings is 2. The van der Waals surface area contributed by atoms with E-state index in [9.17, 15) is 19.7 Å². The van der Waals surface area contributed by atoms with Crippen LogP contribution >= 0.6 is 0 Å². The second kappa shape index (κ2) is 13.9. The van der Waals surface area contributed by atoms with Gasteiger partial charge >= 0.3 is 0 Å². The van der Waals surface area contributed by atoms with Crippen LogP contribution in [0.4, 0.5) is 22.7 Å². The van der Waals surface area contributed by atoms with E-state index in [1.807, 2.05) is 18.2 Å². The molecule has 2 aliphatic rings. The number of amides is 2. The van der Waals surface area contributed by atoms with Gasteiger partial charge in [-0.2, -0.15) is 0 Å². The molecule has 2 saturated heterocycles. The smallest absolute Gasteiger partial charge is 0.269 e. The van der Waals surface area contributed by atoms with Crippen LogP contribution in [0.2, 0.25) is 0 Å². The summed E-state index contributed by atoms with van der Waals surface area (Å²) >= 11 is 0. The highest BCUT2D eigenvalue weighted by atomic mass is 16.6. The minimum Gasteiger partial charge on any atom is -0.399 e. The Kier molecular flexibility index (Phi) is 10.6. The van der Waals surface area contributed by atoms with Gasteiger partial charge in [0.25, 0.3) is 5.69 Å². The van der Waals surface area contributed by atoms with Crippen LogP contribution in [0.25, 0.3) is 0 Å². The van der Waals surface area contributed by atoms with E-state index < -0.39 is 16.7 Å².